The van der Waals surface area contributed by atoms with E-state index >= 15 is 0 Å². The molecule has 106 valence electrons. The van der Waals surface area contributed by atoms with E-state index in [1.165, 1.54) is 46.5 Å². The molecule has 2 aromatic rings. The van der Waals surface area contributed by atoms with Gasteiger partial charge in [0.1, 0.15) is 0 Å². The van der Waals surface area contributed by atoms with E-state index in [0.717, 1.165) is 13.1 Å². The highest BCUT2D eigenvalue weighted by Crippen LogP contribution is 2.25. The summed E-state index contributed by atoms with van der Waals surface area (Å²) in [5, 5.41) is 5.71. The van der Waals surface area contributed by atoms with Crippen LogP contribution in [0.4, 0.5) is 5.69 Å². The topological polar surface area (TPSA) is 15.3 Å². The second kappa shape index (κ2) is 6.74. The molecule has 1 aromatic heterocycles. The van der Waals surface area contributed by atoms with Gasteiger partial charge in [-0.1, -0.05) is 18.2 Å². The zero-order valence-electron chi connectivity index (χ0n) is 11.4. The van der Waals surface area contributed by atoms with E-state index in [4.69, 9.17) is 0 Å². The molecule has 0 saturated carbocycles. The first kappa shape index (κ1) is 14.1. The van der Waals surface area contributed by atoms with Crippen molar-refractivity contribution in [1.29, 1.82) is 0 Å². The van der Waals surface area contributed by atoms with Gasteiger partial charge >= 0.3 is 0 Å². The fourth-order valence-electron chi connectivity index (χ4n) is 2.64. The number of thiophene rings is 1. The van der Waals surface area contributed by atoms with E-state index in [9.17, 15) is 0 Å². The van der Waals surface area contributed by atoms with E-state index in [1.54, 1.807) is 11.3 Å². The van der Waals surface area contributed by atoms with E-state index < -0.39 is 0 Å². The van der Waals surface area contributed by atoms with Crippen LogP contribution >= 0.6 is 27.3 Å². The molecule has 20 heavy (non-hydrogen) atoms. The van der Waals surface area contributed by atoms with Gasteiger partial charge in [0.05, 0.1) is 6.54 Å². The SMILES string of the molecule is Brc1ccsc1CNc1ccccc1CN1CCCC1. The Bertz CT molecular complexity index is 561. The molecule has 0 spiro atoms. The Morgan fingerprint density at radius 1 is 1.15 bits per heavy atom. The van der Waals surface area contributed by atoms with Gasteiger partial charge in [0.2, 0.25) is 0 Å². The van der Waals surface area contributed by atoms with E-state index in [1.807, 2.05) is 0 Å². The zero-order valence-corrected chi connectivity index (χ0v) is 13.8. The molecule has 1 aliphatic heterocycles. The molecule has 3 rings (SSSR count). The average molecular weight is 351 g/mol. The summed E-state index contributed by atoms with van der Waals surface area (Å²) in [5.74, 6) is 0. The summed E-state index contributed by atoms with van der Waals surface area (Å²) in [4.78, 5) is 3.89. The van der Waals surface area contributed by atoms with Crippen LogP contribution in [0.3, 0.4) is 0 Å². The van der Waals surface area contributed by atoms with Crippen LogP contribution in [0.25, 0.3) is 0 Å². The number of anilines is 1. The molecule has 1 fully saturated rings. The van der Waals surface area contributed by atoms with Crippen LogP contribution in [-0.2, 0) is 13.1 Å². The second-order valence-corrected chi connectivity index (χ2v) is 7.04. The van der Waals surface area contributed by atoms with Gasteiger partial charge in [-0.2, -0.15) is 0 Å². The minimum atomic E-state index is 0.884. The van der Waals surface area contributed by atoms with Crippen molar-refractivity contribution in [3.63, 3.8) is 0 Å². The largest absolute Gasteiger partial charge is 0.380 e. The smallest absolute Gasteiger partial charge is 0.0505 e. The third-order valence-corrected chi connectivity index (χ3v) is 5.67. The molecule has 1 aromatic carbocycles. The lowest BCUT2D eigenvalue weighted by Gasteiger charge is -2.18. The molecule has 4 heteroatoms. The van der Waals surface area contributed by atoms with Crippen molar-refractivity contribution < 1.29 is 0 Å². The summed E-state index contributed by atoms with van der Waals surface area (Å²) in [7, 11) is 0. The maximum atomic E-state index is 3.59. The van der Waals surface area contributed by atoms with Gasteiger partial charge in [-0.05, 0) is 64.9 Å². The van der Waals surface area contributed by atoms with Gasteiger partial charge in [-0.25, -0.2) is 0 Å². The standard InChI is InChI=1S/C16H19BrN2S/c17-14-7-10-20-16(14)11-18-15-6-2-1-5-13(15)12-19-8-3-4-9-19/h1-2,5-7,10,18H,3-4,8-9,11-12H2. The normalized spacial score (nSPS) is 15.7. The van der Waals surface area contributed by atoms with E-state index in [-0.39, 0.29) is 0 Å². The molecule has 1 aliphatic rings. The van der Waals surface area contributed by atoms with Crippen LogP contribution in [-0.4, -0.2) is 18.0 Å². The maximum Gasteiger partial charge on any atom is 0.0505 e. The molecular formula is C16H19BrN2S. The van der Waals surface area contributed by atoms with Crippen LogP contribution in [0, 0.1) is 0 Å². The number of para-hydroxylation sites is 1. The molecule has 0 amide bonds. The molecule has 0 unspecified atom stereocenters. The van der Waals surface area contributed by atoms with Crippen LogP contribution in [0.5, 0.6) is 0 Å². The Kier molecular flexibility index (Phi) is 4.76. The van der Waals surface area contributed by atoms with Crippen molar-refractivity contribution in [3.8, 4) is 0 Å². The molecule has 1 saturated heterocycles. The van der Waals surface area contributed by atoms with Crippen molar-refractivity contribution in [1.82, 2.24) is 4.90 Å². The number of halogens is 1. The zero-order chi connectivity index (χ0) is 13.8. The fraction of sp³-hybridized carbons (Fsp3) is 0.375. The highest BCUT2D eigenvalue weighted by atomic mass is 79.9. The number of likely N-dealkylation sites (tertiary alicyclic amines) is 1. The minimum absolute atomic E-state index is 0.884. The third-order valence-electron chi connectivity index (χ3n) is 3.74. The number of nitrogens with one attached hydrogen (secondary N) is 1. The maximum absolute atomic E-state index is 3.59. The molecule has 0 atom stereocenters. The van der Waals surface area contributed by atoms with Gasteiger partial charge in [-0.15, -0.1) is 11.3 Å². The van der Waals surface area contributed by atoms with Crippen LogP contribution in [0.1, 0.15) is 23.3 Å². The Morgan fingerprint density at radius 2 is 1.95 bits per heavy atom. The predicted octanol–water partition coefficient (Wildman–Crippen LogP) is 4.72. The number of hydrogen-bond acceptors (Lipinski definition) is 3. The number of benzene rings is 1. The Morgan fingerprint density at radius 3 is 2.70 bits per heavy atom. The lowest BCUT2D eigenvalue weighted by Crippen LogP contribution is -2.19. The van der Waals surface area contributed by atoms with Gasteiger partial charge in [-0.3, -0.25) is 4.90 Å². The fourth-order valence-corrected chi connectivity index (χ4v) is 4.07. The van der Waals surface area contributed by atoms with Crippen molar-refractivity contribution >= 4 is 33.0 Å². The Balaban J connectivity index is 1.67. The molecule has 2 heterocycles. The second-order valence-electron chi connectivity index (χ2n) is 5.19. The summed E-state index contributed by atoms with van der Waals surface area (Å²) < 4.78 is 1.20. The molecule has 0 bridgehead atoms. The lowest BCUT2D eigenvalue weighted by molar-refractivity contribution is 0.332. The third kappa shape index (κ3) is 3.43. The van der Waals surface area contributed by atoms with Crippen molar-refractivity contribution in [2.24, 2.45) is 0 Å². The average Bonchev–Trinajstić information content (AvgIpc) is 3.10. The first-order valence-electron chi connectivity index (χ1n) is 7.09. The summed E-state index contributed by atoms with van der Waals surface area (Å²) in [6.07, 6.45) is 2.69. The van der Waals surface area contributed by atoms with Gasteiger partial charge in [0.15, 0.2) is 0 Å². The lowest BCUT2D eigenvalue weighted by atomic mass is 10.1. The number of rotatable bonds is 5. The highest BCUT2D eigenvalue weighted by molar-refractivity contribution is 9.10. The summed E-state index contributed by atoms with van der Waals surface area (Å²) in [6, 6.07) is 10.8. The van der Waals surface area contributed by atoms with Crippen molar-refractivity contribution in [2.75, 3.05) is 18.4 Å². The summed E-state index contributed by atoms with van der Waals surface area (Å²) >= 11 is 5.38. The van der Waals surface area contributed by atoms with E-state index in [0.29, 0.717) is 0 Å². The van der Waals surface area contributed by atoms with Crippen molar-refractivity contribution in [2.45, 2.75) is 25.9 Å². The molecular weight excluding hydrogens is 332 g/mol. The Hall–Kier alpha value is -0.840. The minimum Gasteiger partial charge on any atom is -0.380 e. The Labute approximate surface area is 132 Å². The monoisotopic (exact) mass is 350 g/mol. The molecule has 1 N–H and O–H groups in total. The number of hydrogen-bond donors (Lipinski definition) is 1. The van der Waals surface area contributed by atoms with E-state index in [2.05, 4.69) is 61.9 Å². The van der Waals surface area contributed by atoms with Gasteiger partial charge in [0.25, 0.3) is 0 Å². The summed E-state index contributed by atoms with van der Waals surface area (Å²) in [6.45, 7) is 4.43. The molecule has 0 aliphatic carbocycles. The van der Waals surface area contributed by atoms with Crippen LogP contribution in [0.15, 0.2) is 40.2 Å². The first-order valence-corrected chi connectivity index (χ1v) is 8.76. The quantitative estimate of drug-likeness (QED) is 0.839. The summed E-state index contributed by atoms with van der Waals surface area (Å²) in [5.41, 5.74) is 2.67. The predicted molar refractivity (Wildman–Crippen MR) is 90.3 cm³/mol. The molecule has 0 radical (unpaired) electrons. The van der Waals surface area contributed by atoms with Crippen molar-refractivity contribution in [3.05, 3.63) is 50.6 Å². The highest BCUT2D eigenvalue weighted by Gasteiger charge is 2.13. The number of nitrogens with zero attached hydrogens (tertiary/aromatic N) is 1. The van der Waals surface area contributed by atoms with Gasteiger partial charge in [0, 0.05) is 21.6 Å². The van der Waals surface area contributed by atoms with Gasteiger partial charge < -0.3 is 5.32 Å². The first-order chi connectivity index (χ1) is 9.83. The van der Waals surface area contributed by atoms with Crippen LogP contribution < -0.4 is 5.32 Å². The van der Waals surface area contributed by atoms with Crippen LogP contribution in [0.2, 0.25) is 0 Å². The molecule has 2 nitrogen and oxygen atoms in total.